The monoisotopic (exact) mass is 174 g/mol. The molecule has 2 heteroatoms. The molecule has 0 rings (SSSR count). The molecule has 0 aromatic rings. The van der Waals surface area contributed by atoms with Crippen molar-refractivity contribution in [2.45, 2.75) is 45.4 Å². The first-order chi connectivity index (χ1) is 5.91. The minimum absolute atomic E-state index is 0. The molecule has 0 unspecified atom stereocenters. The Hall–Kier alpha value is 0.117. The second-order valence-electron chi connectivity index (χ2n) is 2.95. The van der Waals surface area contributed by atoms with Crippen molar-refractivity contribution in [3.63, 3.8) is 0 Å². The molecule has 0 aliphatic heterocycles. The topological polar surface area (TPSA) is 9.23 Å². The van der Waals surface area contributed by atoms with E-state index in [1.165, 1.54) is 12.8 Å². The SMILES string of the molecule is [C-]#CCCCCCOCCCC.[Li+]. The molecule has 1 nitrogen and oxygen atoms in total. The molecule has 0 bridgehead atoms. The summed E-state index contributed by atoms with van der Waals surface area (Å²) in [6.07, 6.45) is 13.3. The minimum Gasteiger partial charge on any atom is -0.694 e. The van der Waals surface area contributed by atoms with Gasteiger partial charge in [-0.3, -0.25) is 0 Å². The summed E-state index contributed by atoms with van der Waals surface area (Å²) in [5, 5.41) is 0. The van der Waals surface area contributed by atoms with Crippen molar-refractivity contribution < 1.29 is 23.6 Å². The van der Waals surface area contributed by atoms with Crippen LogP contribution in [0.2, 0.25) is 0 Å². The predicted molar refractivity (Wildman–Crippen MR) is 51.3 cm³/mol. The molecule has 0 aliphatic rings. The van der Waals surface area contributed by atoms with E-state index in [4.69, 9.17) is 11.2 Å². The second kappa shape index (κ2) is 14.6. The summed E-state index contributed by atoms with van der Waals surface area (Å²) in [6.45, 7) is 3.97. The van der Waals surface area contributed by atoms with Crippen LogP contribution in [0, 0.1) is 12.3 Å². The largest absolute Gasteiger partial charge is 1.00 e. The number of unbranched alkanes of at least 4 members (excludes halogenated alkanes) is 4. The van der Waals surface area contributed by atoms with Crippen LogP contribution in [0.5, 0.6) is 0 Å². The summed E-state index contributed by atoms with van der Waals surface area (Å²) in [6, 6.07) is 0. The molecule has 13 heavy (non-hydrogen) atoms. The first kappa shape index (κ1) is 15.6. The zero-order chi connectivity index (χ0) is 9.07. The average Bonchev–Trinajstić information content (AvgIpc) is 2.10. The van der Waals surface area contributed by atoms with Gasteiger partial charge in [0, 0.05) is 13.2 Å². The fourth-order valence-corrected chi connectivity index (χ4v) is 0.943. The Balaban J connectivity index is 0. The van der Waals surface area contributed by atoms with E-state index in [1.807, 2.05) is 0 Å². The fraction of sp³-hybridized carbons (Fsp3) is 0.818. The Morgan fingerprint density at radius 3 is 2.38 bits per heavy atom. The van der Waals surface area contributed by atoms with Crippen LogP contribution < -0.4 is 18.9 Å². The maximum atomic E-state index is 6.69. The predicted octanol–water partition coefficient (Wildman–Crippen LogP) is -0.0427. The smallest absolute Gasteiger partial charge is 0.694 e. The Morgan fingerprint density at radius 2 is 1.77 bits per heavy atom. The van der Waals surface area contributed by atoms with Crippen LogP contribution in [-0.2, 0) is 4.74 Å². The van der Waals surface area contributed by atoms with E-state index in [-0.39, 0.29) is 18.9 Å². The standard InChI is InChI=1S/C11H19O.Li/c1-3-5-7-8-9-11-12-10-6-4-2;/h4-11H2,2H3;/q-1;+1. The van der Waals surface area contributed by atoms with Gasteiger partial charge in [-0.25, -0.2) is 0 Å². The van der Waals surface area contributed by atoms with Crippen molar-refractivity contribution in [1.29, 1.82) is 0 Å². The Bertz CT molecular complexity index is 118. The summed E-state index contributed by atoms with van der Waals surface area (Å²) in [4.78, 5) is 0. The molecule has 0 saturated heterocycles. The summed E-state index contributed by atoms with van der Waals surface area (Å²) in [5.41, 5.74) is 0. The van der Waals surface area contributed by atoms with Gasteiger partial charge in [0.2, 0.25) is 0 Å². The molecule has 0 radical (unpaired) electrons. The van der Waals surface area contributed by atoms with Crippen molar-refractivity contribution in [3.05, 3.63) is 6.42 Å². The van der Waals surface area contributed by atoms with E-state index in [2.05, 4.69) is 12.8 Å². The van der Waals surface area contributed by atoms with Gasteiger partial charge in [0.25, 0.3) is 0 Å². The molecule has 0 amide bonds. The summed E-state index contributed by atoms with van der Waals surface area (Å²) >= 11 is 0. The molecule has 0 aliphatic carbocycles. The fourth-order valence-electron chi connectivity index (χ4n) is 0.943. The minimum atomic E-state index is 0. The van der Waals surface area contributed by atoms with Crippen molar-refractivity contribution in [2.75, 3.05) is 13.2 Å². The van der Waals surface area contributed by atoms with E-state index in [0.29, 0.717) is 0 Å². The molecule has 0 atom stereocenters. The van der Waals surface area contributed by atoms with E-state index in [1.54, 1.807) is 0 Å². The van der Waals surface area contributed by atoms with Gasteiger partial charge < -0.3 is 17.1 Å². The zero-order valence-electron chi connectivity index (χ0n) is 9.07. The first-order valence-electron chi connectivity index (χ1n) is 4.89. The van der Waals surface area contributed by atoms with E-state index in [9.17, 15) is 0 Å². The molecule has 0 aromatic heterocycles. The zero-order valence-corrected chi connectivity index (χ0v) is 9.07. The quantitative estimate of drug-likeness (QED) is 0.217. The third-order valence-electron chi connectivity index (χ3n) is 1.73. The molecule has 0 saturated carbocycles. The summed E-state index contributed by atoms with van der Waals surface area (Å²) in [7, 11) is 0. The molecule has 0 N–H and O–H groups in total. The van der Waals surface area contributed by atoms with Crippen LogP contribution in [-0.4, -0.2) is 13.2 Å². The van der Waals surface area contributed by atoms with E-state index >= 15 is 0 Å². The van der Waals surface area contributed by atoms with Gasteiger partial charge in [-0.15, -0.1) is 0 Å². The maximum absolute atomic E-state index is 6.69. The molecule has 0 heterocycles. The van der Waals surface area contributed by atoms with Gasteiger partial charge in [-0.1, -0.05) is 19.8 Å². The van der Waals surface area contributed by atoms with Gasteiger partial charge in [-0.05, 0) is 25.7 Å². The van der Waals surface area contributed by atoms with Crippen molar-refractivity contribution in [2.24, 2.45) is 0 Å². The summed E-state index contributed by atoms with van der Waals surface area (Å²) < 4.78 is 5.39. The molecule has 0 spiro atoms. The van der Waals surface area contributed by atoms with Crippen LogP contribution in [0.25, 0.3) is 0 Å². The Kier molecular flexibility index (Phi) is 17.5. The third-order valence-corrected chi connectivity index (χ3v) is 1.73. The average molecular weight is 174 g/mol. The summed E-state index contributed by atoms with van der Waals surface area (Å²) in [5.74, 6) is 2.39. The third kappa shape index (κ3) is 14.9. The van der Waals surface area contributed by atoms with Gasteiger partial charge in [0.15, 0.2) is 0 Å². The number of ether oxygens (including phenoxy) is 1. The van der Waals surface area contributed by atoms with Crippen LogP contribution in [0.1, 0.15) is 45.4 Å². The van der Waals surface area contributed by atoms with Gasteiger partial charge in [0.05, 0.1) is 0 Å². The molecular formula is C11H19LiO. The van der Waals surface area contributed by atoms with Crippen LogP contribution in [0.4, 0.5) is 0 Å². The first-order valence-corrected chi connectivity index (χ1v) is 4.89. The van der Waals surface area contributed by atoms with Gasteiger partial charge in [-0.2, -0.15) is 0 Å². The second-order valence-corrected chi connectivity index (χ2v) is 2.95. The van der Waals surface area contributed by atoms with Crippen LogP contribution in [0.15, 0.2) is 0 Å². The molecule has 0 aromatic carbocycles. The van der Waals surface area contributed by atoms with Gasteiger partial charge in [0.1, 0.15) is 0 Å². The normalized spacial score (nSPS) is 8.92. The van der Waals surface area contributed by atoms with Crippen molar-refractivity contribution in [1.82, 2.24) is 0 Å². The van der Waals surface area contributed by atoms with E-state index in [0.717, 1.165) is 38.9 Å². The van der Waals surface area contributed by atoms with Crippen molar-refractivity contribution >= 4 is 0 Å². The molecule has 70 valence electrons. The Morgan fingerprint density at radius 1 is 1.08 bits per heavy atom. The maximum Gasteiger partial charge on any atom is 1.00 e. The molecular weight excluding hydrogens is 155 g/mol. The molecule has 0 fully saturated rings. The number of hydrogen-bond donors (Lipinski definition) is 0. The van der Waals surface area contributed by atoms with Crippen molar-refractivity contribution in [3.8, 4) is 5.92 Å². The number of hydrogen-bond acceptors (Lipinski definition) is 1. The Labute approximate surface area is 94.8 Å². The van der Waals surface area contributed by atoms with Gasteiger partial charge >= 0.3 is 18.9 Å². The van der Waals surface area contributed by atoms with E-state index < -0.39 is 0 Å². The van der Waals surface area contributed by atoms with Crippen LogP contribution in [0.3, 0.4) is 0 Å². The number of rotatable bonds is 8. The van der Waals surface area contributed by atoms with Crippen LogP contribution >= 0.6 is 0 Å².